The first-order valence-corrected chi connectivity index (χ1v) is 5.48. The Labute approximate surface area is 105 Å². The number of pyridine rings is 1. The van der Waals surface area contributed by atoms with Crippen LogP contribution in [0.4, 0.5) is 5.69 Å². The van der Waals surface area contributed by atoms with E-state index in [2.05, 4.69) is 9.98 Å². The van der Waals surface area contributed by atoms with Crippen molar-refractivity contribution in [3.63, 3.8) is 0 Å². The summed E-state index contributed by atoms with van der Waals surface area (Å²) in [6.07, 6.45) is 0. The summed E-state index contributed by atoms with van der Waals surface area (Å²) in [5.41, 5.74) is 2.09. The first-order valence-electron chi connectivity index (χ1n) is 5.48. The maximum atomic E-state index is 10.8. The molecule has 0 saturated heterocycles. The van der Waals surface area contributed by atoms with Crippen molar-refractivity contribution in [2.45, 2.75) is 6.92 Å². The van der Waals surface area contributed by atoms with Crippen molar-refractivity contribution < 1.29 is 9.90 Å². The predicted octanol–water partition coefficient (Wildman–Crippen LogP) is 2.92. The standard InChI is InChI=1S/C14H12N2O2/c1-10(15-11-6-3-2-4-7-11)12-8-5-9-13(16-12)14(17)18/h2-9H,1H3,(H,17,18)/b15-10+. The Morgan fingerprint density at radius 2 is 1.72 bits per heavy atom. The summed E-state index contributed by atoms with van der Waals surface area (Å²) in [6.45, 7) is 1.81. The summed E-state index contributed by atoms with van der Waals surface area (Å²) in [4.78, 5) is 19.3. The van der Waals surface area contributed by atoms with Gasteiger partial charge in [-0.3, -0.25) is 4.99 Å². The maximum Gasteiger partial charge on any atom is 0.354 e. The number of hydrogen-bond acceptors (Lipinski definition) is 3. The predicted molar refractivity (Wildman–Crippen MR) is 69.5 cm³/mol. The second-order valence-electron chi connectivity index (χ2n) is 3.75. The molecule has 0 unspecified atom stereocenters. The third-order valence-corrected chi connectivity index (χ3v) is 2.39. The van der Waals surface area contributed by atoms with Gasteiger partial charge in [0, 0.05) is 0 Å². The average molecular weight is 240 g/mol. The van der Waals surface area contributed by atoms with E-state index in [1.165, 1.54) is 6.07 Å². The molecule has 2 rings (SSSR count). The Balaban J connectivity index is 2.34. The molecule has 0 aliphatic carbocycles. The number of aromatic carboxylic acids is 1. The smallest absolute Gasteiger partial charge is 0.354 e. The first kappa shape index (κ1) is 12.0. The fourth-order valence-electron chi connectivity index (χ4n) is 1.51. The lowest BCUT2D eigenvalue weighted by molar-refractivity contribution is 0.0690. The van der Waals surface area contributed by atoms with Crippen LogP contribution in [-0.4, -0.2) is 21.8 Å². The van der Waals surface area contributed by atoms with Gasteiger partial charge in [0.1, 0.15) is 5.69 Å². The lowest BCUT2D eigenvalue weighted by Gasteiger charge is -2.01. The summed E-state index contributed by atoms with van der Waals surface area (Å²) >= 11 is 0. The number of carboxylic acids is 1. The zero-order chi connectivity index (χ0) is 13.0. The second kappa shape index (κ2) is 5.23. The highest BCUT2D eigenvalue weighted by Gasteiger charge is 2.06. The van der Waals surface area contributed by atoms with Gasteiger partial charge in [0.15, 0.2) is 0 Å². The van der Waals surface area contributed by atoms with Gasteiger partial charge in [-0.15, -0.1) is 0 Å². The molecule has 1 heterocycles. The lowest BCUT2D eigenvalue weighted by atomic mass is 10.2. The van der Waals surface area contributed by atoms with E-state index >= 15 is 0 Å². The van der Waals surface area contributed by atoms with Crippen molar-refractivity contribution in [1.29, 1.82) is 0 Å². The highest BCUT2D eigenvalue weighted by Crippen LogP contribution is 2.12. The van der Waals surface area contributed by atoms with Gasteiger partial charge < -0.3 is 5.11 Å². The van der Waals surface area contributed by atoms with Crippen LogP contribution in [0.5, 0.6) is 0 Å². The largest absolute Gasteiger partial charge is 0.477 e. The monoisotopic (exact) mass is 240 g/mol. The van der Waals surface area contributed by atoms with E-state index in [9.17, 15) is 4.79 Å². The number of hydrogen-bond donors (Lipinski definition) is 1. The van der Waals surface area contributed by atoms with Gasteiger partial charge in [0.05, 0.1) is 17.1 Å². The molecule has 1 N–H and O–H groups in total. The molecule has 0 aliphatic rings. The van der Waals surface area contributed by atoms with Gasteiger partial charge in [-0.1, -0.05) is 24.3 Å². The fourth-order valence-corrected chi connectivity index (χ4v) is 1.51. The van der Waals surface area contributed by atoms with Gasteiger partial charge in [-0.05, 0) is 31.2 Å². The van der Waals surface area contributed by atoms with E-state index in [-0.39, 0.29) is 5.69 Å². The number of aliphatic imine (C=N–C) groups is 1. The minimum Gasteiger partial charge on any atom is -0.477 e. The minimum atomic E-state index is -1.04. The molecule has 4 heteroatoms. The van der Waals surface area contributed by atoms with E-state index in [4.69, 9.17) is 5.11 Å². The number of benzene rings is 1. The van der Waals surface area contributed by atoms with Crippen molar-refractivity contribution in [3.8, 4) is 0 Å². The third kappa shape index (κ3) is 2.79. The average Bonchev–Trinajstić information content (AvgIpc) is 2.40. The Morgan fingerprint density at radius 1 is 1.06 bits per heavy atom. The first-order chi connectivity index (χ1) is 8.66. The quantitative estimate of drug-likeness (QED) is 0.839. The van der Waals surface area contributed by atoms with Crippen LogP contribution in [0.3, 0.4) is 0 Å². The van der Waals surface area contributed by atoms with E-state index in [0.29, 0.717) is 11.4 Å². The summed E-state index contributed by atoms with van der Waals surface area (Å²) < 4.78 is 0. The molecule has 2 aromatic rings. The van der Waals surface area contributed by atoms with E-state index in [0.717, 1.165) is 5.69 Å². The molecule has 0 aliphatic heterocycles. The van der Waals surface area contributed by atoms with Crippen LogP contribution in [0, 0.1) is 0 Å². The van der Waals surface area contributed by atoms with Crippen molar-refractivity contribution in [3.05, 3.63) is 59.9 Å². The zero-order valence-corrected chi connectivity index (χ0v) is 9.87. The summed E-state index contributed by atoms with van der Waals surface area (Å²) in [7, 11) is 0. The third-order valence-electron chi connectivity index (χ3n) is 2.39. The molecule has 18 heavy (non-hydrogen) atoms. The molecule has 1 aromatic carbocycles. The SMILES string of the molecule is C/C(=N\c1ccccc1)c1cccc(C(=O)O)n1. The number of nitrogens with zero attached hydrogens (tertiary/aromatic N) is 2. The Hall–Kier alpha value is -2.49. The summed E-state index contributed by atoms with van der Waals surface area (Å²) in [5.74, 6) is -1.04. The fraction of sp³-hybridized carbons (Fsp3) is 0.0714. The van der Waals surface area contributed by atoms with Crippen LogP contribution in [-0.2, 0) is 0 Å². The van der Waals surface area contributed by atoms with Crippen molar-refractivity contribution >= 4 is 17.4 Å². The summed E-state index contributed by atoms with van der Waals surface area (Å²) in [5, 5.41) is 8.88. The van der Waals surface area contributed by atoms with Crippen LogP contribution in [0.25, 0.3) is 0 Å². The molecule has 0 saturated carbocycles. The van der Waals surface area contributed by atoms with E-state index < -0.39 is 5.97 Å². The van der Waals surface area contributed by atoms with E-state index in [1.807, 2.05) is 30.3 Å². The maximum absolute atomic E-state index is 10.8. The Morgan fingerprint density at radius 3 is 2.39 bits per heavy atom. The lowest BCUT2D eigenvalue weighted by Crippen LogP contribution is -2.05. The molecule has 90 valence electrons. The van der Waals surface area contributed by atoms with Crippen LogP contribution >= 0.6 is 0 Å². The van der Waals surface area contributed by atoms with Crippen LogP contribution in [0.2, 0.25) is 0 Å². The molecule has 4 nitrogen and oxygen atoms in total. The van der Waals surface area contributed by atoms with Crippen molar-refractivity contribution in [2.24, 2.45) is 4.99 Å². The molecule has 0 fully saturated rings. The Kier molecular flexibility index (Phi) is 3.48. The molecule has 0 bridgehead atoms. The zero-order valence-electron chi connectivity index (χ0n) is 9.87. The molecule has 0 spiro atoms. The molecule has 0 amide bonds. The molecule has 0 atom stereocenters. The normalized spacial score (nSPS) is 11.3. The van der Waals surface area contributed by atoms with Gasteiger partial charge in [-0.2, -0.15) is 0 Å². The summed E-state index contributed by atoms with van der Waals surface area (Å²) in [6, 6.07) is 14.3. The molecular weight excluding hydrogens is 228 g/mol. The number of aromatic nitrogens is 1. The minimum absolute atomic E-state index is 0.0233. The Bertz CT molecular complexity index is 592. The van der Waals surface area contributed by atoms with Crippen LogP contribution in [0.1, 0.15) is 23.1 Å². The van der Waals surface area contributed by atoms with Crippen LogP contribution < -0.4 is 0 Å². The number of carbonyl (C=O) groups is 1. The molecular formula is C14H12N2O2. The number of carboxylic acid groups (broad SMARTS) is 1. The van der Waals surface area contributed by atoms with Gasteiger partial charge in [-0.25, -0.2) is 9.78 Å². The van der Waals surface area contributed by atoms with Crippen molar-refractivity contribution in [1.82, 2.24) is 4.98 Å². The number of para-hydroxylation sites is 1. The number of rotatable bonds is 3. The molecule has 1 aromatic heterocycles. The van der Waals surface area contributed by atoms with Gasteiger partial charge >= 0.3 is 5.97 Å². The molecule has 0 radical (unpaired) electrons. The highest BCUT2D eigenvalue weighted by atomic mass is 16.4. The van der Waals surface area contributed by atoms with Crippen LogP contribution in [0.15, 0.2) is 53.5 Å². The van der Waals surface area contributed by atoms with Gasteiger partial charge in [0.25, 0.3) is 0 Å². The second-order valence-corrected chi connectivity index (χ2v) is 3.75. The highest BCUT2D eigenvalue weighted by molar-refractivity contribution is 5.99. The van der Waals surface area contributed by atoms with Crippen molar-refractivity contribution in [2.75, 3.05) is 0 Å². The topological polar surface area (TPSA) is 62.5 Å². The van der Waals surface area contributed by atoms with E-state index in [1.54, 1.807) is 19.1 Å². The van der Waals surface area contributed by atoms with Gasteiger partial charge in [0.2, 0.25) is 0 Å².